The fourth-order valence-corrected chi connectivity index (χ4v) is 2.88. The number of ketones is 1. The first-order chi connectivity index (χ1) is 11.8. The monoisotopic (exact) mass is 346 g/mol. The van der Waals surface area contributed by atoms with Crippen LogP contribution in [0.4, 0.5) is 0 Å². The van der Waals surface area contributed by atoms with E-state index in [1.54, 1.807) is 24.4 Å². The Balaban J connectivity index is 2.35. The summed E-state index contributed by atoms with van der Waals surface area (Å²) in [5, 5.41) is 10.4. The molecule has 2 rings (SSSR count). The van der Waals surface area contributed by atoms with Crippen molar-refractivity contribution < 1.29 is 19.4 Å². The number of rotatable bonds is 8. The maximum atomic E-state index is 12.7. The maximum Gasteiger partial charge on any atom is 0.290 e. The van der Waals surface area contributed by atoms with Crippen molar-refractivity contribution >= 4 is 11.7 Å². The third-order valence-electron chi connectivity index (χ3n) is 3.95. The zero-order valence-corrected chi connectivity index (χ0v) is 15.2. The van der Waals surface area contributed by atoms with Gasteiger partial charge >= 0.3 is 0 Å². The van der Waals surface area contributed by atoms with Gasteiger partial charge in [0.2, 0.25) is 0 Å². The minimum absolute atomic E-state index is 0.0367. The van der Waals surface area contributed by atoms with Crippen LogP contribution in [-0.2, 0) is 14.3 Å². The molecule has 136 valence electrons. The van der Waals surface area contributed by atoms with Gasteiger partial charge in [0.25, 0.3) is 5.91 Å². The molecule has 6 nitrogen and oxygen atoms in total. The number of aromatic nitrogens is 1. The van der Waals surface area contributed by atoms with Crippen molar-refractivity contribution in [3.63, 3.8) is 0 Å². The van der Waals surface area contributed by atoms with Crippen molar-refractivity contribution in [2.24, 2.45) is 5.92 Å². The lowest BCUT2D eigenvalue weighted by Gasteiger charge is -2.26. The molecule has 0 aromatic carbocycles. The van der Waals surface area contributed by atoms with Crippen LogP contribution in [0.1, 0.15) is 45.9 Å². The van der Waals surface area contributed by atoms with E-state index < -0.39 is 17.7 Å². The van der Waals surface area contributed by atoms with Crippen molar-refractivity contribution in [2.75, 3.05) is 13.2 Å². The van der Waals surface area contributed by atoms with Crippen LogP contribution in [0.15, 0.2) is 35.7 Å². The first-order valence-electron chi connectivity index (χ1n) is 8.62. The van der Waals surface area contributed by atoms with Crippen LogP contribution < -0.4 is 0 Å². The van der Waals surface area contributed by atoms with Crippen molar-refractivity contribution in [2.45, 2.75) is 46.3 Å². The molecule has 0 saturated heterocycles. The highest BCUT2D eigenvalue weighted by Crippen LogP contribution is 2.37. The van der Waals surface area contributed by atoms with Gasteiger partial charge in [0.15, 0.2) is 11.5 Å². The number of carbonyl (C=O) groups excluding carboxylic acids is 2. The summed E-state index contributed by atoms with van der Waals surface area (Å²) in [5.41, 5.74) is 0.707. The van der Waals surface area contributed by atoms with Crippen molar-refractivity contribution in [1.82, 2.24) is 9.88 Å². The van der Waals surface area contributed by atoms with Gasteiger partial charge in [-0.2, -0.15) is 0 Å². The topological polar surface area (TPSA) is 79.7 Å². The fourth-order valence-electron chi connectivity index (χ4n) is 2.88. The average molecular weight is 346 g/mol. The van der Waals surface area contributed by atoms with Crippen LogP contribution in [0.25, 0.3) is 0 Å². The lowest BCUT2D eigenvalue weighted by molar-refractivity contribution is -0.130. The van der Waals surface area contributed by atoms with Crippen LogP contribution in [0, 0.1) is 5.92 Å². The Labute approximate surface area is 148 Å². The smallest absolute Gasteiger partial charge is 0.290 e. The van der Waals surface area contributed by atoms with E-state index in [0.717, 1.165) is 0 Å². The molecule has 0 radical (unpaired) electrons. The quantitative estimate of drug-likeness (QED) is 0.783. The largest absolute Gasteiger partial charge is 0.503 e. The van der Waals surface area contributed by atoms with E-state index in [1.807, 2.05) is 27.7 Å². The lowest BCUT2D eigenvalue weighted by atomic mass is 9.94. The summed E-state index contributed by atoms with van der Waals surface area (Å²) in [6, 6.07) is 4.66. The summed E-state index contributed by atoms with van der Waals surface area (Å²) in [6.45, 7) is 8.28. The Morgan fingerprint density at radius 2 is 2.04 bits per heavy atom. The second-order valence-electron chi connectivity index (χ2n) is 6.86. The molecule has 1 aliphatic rings. The second-order valence-corrected chi connectivity index (χ2v) is 6.86. The fraction of sp³-hybridized carbons (Fsp3) is 0.526. The number of Topliss-reactive ketones (excluding diaryl/α,β-unsaturated/α-hetero) is 1. The van der Waals surface area contributed by atoms with Crippen LogP contribution in [0.5, 0.6) is 0 Å². The number of nitrogens with zero attached hydrogens (tertiary/aromatic N) is 2. The van der Waals surface area contributed by atoms with E-state index in [2.05, 4.69) is 4.98 Å². The van der Waals surface area contributed by atoms with Gasteiger partial charge in [-0.25, -0.2) is 0 Å². The van der Waals surface area contributed by atoms with E-state index in [0.29, 0.717) is 12.3 Å². The van der Waals surface area contributed by atoms with Crippen LogP contribution in [-0.4, -0.2) is 45.9 Å². The highest BCUT2D eigenvalue weighted by Gasteiger charge is 2.43. The van der Waals surface area contributed by atoms with Gasteiger partial charge in [-0.1, -0.05) is 19.9 Å². The normalized spacial score (nSPS) is 17.9. The molecular weight excluding hydrogens is 320 g/mol. The first kappa shape index (κ1) is 19.1. The molecule has 1 aromatic heterocycles. The van der Waals surface area contributed by atoms with Gasteiger partial charge in [0, 0.05) is 19.2 Å². The minimum atomic E-state index is -0.671. The summed E-state index contributed by atoms with van der Waals surface area (Å²) < 4.78 is 5.53. The summed E-state index contributed by atoms with van der Waals surface area (Å²) in [6.07, 6.45) is 1.92. The van der Waals surface area contributed by atoms with Crippen LogP contribution in [0.3, 0.4) is 0 Å². The third-order valence-corrected chi connectivity index (χ3v) is 3.95. The second kappa shape index (κ2) is 8.25. The van der Waals surface area contributed by atoms with Crippen molar-refractivity contribution in [3.8, 4) is 0 Å². The summed E-state index contributed by atoms with van der Waals surface area (Å²) in [7, 11) is 0. The molecule has 0 fully saturated rings. The van der Waals surface area contributed by atoms with Crippen molar-refractivity contribution in [3.05, 3.63) is 41.4 Å². The molecule has 1 unspecified atom stereocenters. The van der Waals surface area contributed by atoms with Crippen molar-refractivity contribution in [1.29, 1.82) is 0 Å². The Kier molecular flexibility index (Phi) is 6.31. The van der Waals surface area contributed by atoms with Crippen LogP contribution in [0.2, 0.25) is 0 Å². The first-order valence-corrected chi connectivity index (χ1v) is 8.62. The van der Waals surface area contributed by atoms with Gasteiger partial charge in [0.05, 0.1) is 24.0 Å². The molecule has 1 aliphatic heterocycles. The Morgan fingerprint density at radius 3 is 2.60 bits per heavy atom. The molecule has 2 heterocycles. The number of aliphatic hydroxyl groups excluding tert-OH is 1. The SMILES string of the molecule is CC(C)CC(=O)C1=C(O)C(=O)N(CCOC(C)C)C1c1ccccn1. The number of amides is 1. The number of aliphatic hydroxyl groups is 1. The number of pyridine rings is 1. The highest BCUT2D eigenvalue weighted by molar-refractivity contribution is 6.08. The summed E-state index contributed by atoms with van der Waals surface area (Å²) >= 11 is 0. The predicted molar refractivity (Wildman–Crippen MR) is 93.9 cm³/mol. The molecule has 1 amide bonds. The molecule has 25 heavy (non-hydrogen) atoms. The van der Waals surface area contributed by atoms with Gasteiger partial charge in [-0.05, 0) is 31.9 Å². The number of hydrogen-bond donors (Lipinski definition) is 1. The van der Waals surface area contributed by atoms with E-state index in [9.17, 15) is 14.7 Å². The third kappa shape index (κ3) is 4.45. The van der Waals surface area contributed by atoms with Gasteiger partial charge in [-0.15, -0.1) is 0 Å². The summed E-state index contributed by atoms with van der Waals surface area (Å²) in [5.74, 6) is -1.10. The molecular formula is C19H26N2O4. The Hall–Kier alpha value is -2.21. The maximum absolute atomic E-state index is 12.7. The van der Waals surface area contributed by atoms with Gasteiger partial charge in [-0.3, -0.25) is 14.6 Å². The Bertz CT molecular complexity index is 653. The van der Waals surface area contributed by atoms with E-state index >= 15 is 0 Å². The van der Waals surface area contributed by atoms with E-state index in [4.69, 9.17) is 4.74 Å². The zero-order valence-electron chi connectivity index (χ0n) is 15.2. The van der Waals surface area contributed by atoms with Gasteiger partial charge in [0.1, 0.15) is 6.04 Å². The standard InChI is InChI=1S/C19H26N2O4/c1-12(2)11-15(22)16-17(14-7-5-6-8-20-14)21(19(24)18(16)23)9-10-25-13(3)4/h5-8,12-13,17,23H,9-11H2,1-4H3. The van der Waals surface area contributed by atoms with E-state index in [-0.39, 0.29) is 36.3 Å². The Morgan fingerprint density at radius 1 is 1.32 bits per heavy atom. The molecule has 0 saturated carbocycles. The molecule has 1 N–H and O–H groups in total. The zero-order chi connectivity index (χ0) is 18.6. The molecule has 0 bridgehead atoms. The van der Waals surface area contributed by atoms with Crippen LogP contribution >= 0.6 is 0 Å². The summed E-state index contributed by atoms with van der Waals surface area (Å²) in [4.78, 5) is 31.0. The predicted octanol–water partition coefficient (Wildman–Crippen LogP) is 2.82. The minimum Gasteiger partial charge on any atom is -0.503 e. The molecule has 0 aliphatic carbocycles. The van der Waals surface area contributed by atoms with Gasteiger partial charge < -0.3 is 14.7 Å². The number of carbonyl (C=O) groups is 2. The average Bonchev–Trinajstić information content (AvgIpc) is 2.79. The molecule has 6 heteroatoms. The highest BCUT2D eigenvalue weighted by atomic mass is 16.5. The molecule has 0 spiro atoms. The lowest BCUT2D eigenvalue weighted by Crippen LogP contribution is -2.35. The molecule has 1 atom stereocenters. The van der Waals surface area contributed by atoms with E-state index in [1.165, 1.54) is 4.90 Å². The molecule has 1 aromatic rings. The number of hydrogen-bond acceptors (Lipinski definition) is 5. The number of ether oxygens (including phenoxy) is 1.